The van der Waals surface area contributed by atoms with Crippen LogP contribution in [-0.2, 0) is 15.3 Å². The van der Waals surface area contributed by atoms with Crippen LogP contribution in [0.15, 0.2) is 58.4 Å². The second-order valence-electron chi connectivity index (χ2n) is 7.34. The van der Waals surface area contributed by atoms with Gasteiger partial charge in [-0.2, -0.15) is 0 Å². The lowest BCUT2D eigenvalue weighted by atomic mass is 9.84. The quantitative estimate of drug-likeness (QED) is 0.389. The van der Waals surface area contributed by atoms with E-state index in [1.165, 1.54) is 24.5 Å². The number of rotatable bonds is 8. The number of halogens is 1. The third kappa shape index (κ3) is 7.05. The van der Waals surface area contributed by atoms with Crippen molar-refractivity contribution in [1.29, 1.82) is 0 Å². The Hall–Kier alpha value is -2.61. The largest absolute Gasteiger partial charge is 0.492 e. The molecule has 6 nitrogen and oxygen atoms in total. The zero-order valence-electron chi connectivity index (χ0n) is 17.2. The lowest BCUT2D eigenvalue weighted by Gasteiger charge is -2.26. The van der Waals surface area contributed by atoms with Crippen molar-refractivity contribution in [2.45, 2.75) is 24.2 Å². The highest BCUT2D eigenvalue weighted by atomic mass is 32.2. The lowest BCUT2D eigenvalue weighted by molar-refractivity contribution is 0.321. The molecule has 0 aliphatic carbocycles. The number of hydrogen-bond acceptors (Lipinski definition) is 4. The summed E-state index contributed by atoms with van der Waals surface area (Å²) in [5.74, 6) is 0.958. The Bertz CT molecular complexity index is 942. The van der Waals surface area contributed by atoms with Gasteiger partial charge in [0.15, 0.2) is 15.8 Å². The van der Waals surface area contributed by atoms with E-state index in [0.717, 1.165) is 5.56 Å². The van der Waals surface area contributed by atoms with Gasteiger partial charge in [-0.1, -0.05) is 26.0 Å². The fourth-order valence-corrected chi connectivity index (χ4v) is 3.29. The summed E-state index contributed by atoms with van der Waals surface area (Å²) in [5.41, 5.74) is 0.624. The molecule has 0 aliphatic heterocycles. The number of ether oxygens (including phenoxy) is 1. The van der Waals surface area contributed by atoms with Crippen molar-refractivity contribution >= 4 is 15.8 Å². The molecule has 158 valence electrons. The van der Waals surface area contributed by atoms with E-state index in [-0.39, 0.29) is 16.1 Å². The summed E-state index contributed by atoms with van der Waals surface area (Å²) >= 11 is 0. The van der Waals surface area contributed by atoms with Crippen LogP contribution in [0, 0.1) is 5.82 Å². The molecule has 0 heterocycles. The molecule has 2 aromatic rings. The van der Waals surface area contributed by atoms with Gasteiger partial charge in [0.05, 0.1) is 11.4 Å². The van der Waals surface area contributed by atoms with E-state index in [4.69, 9.17) is 4.74 Å². The standard InChI is InChI=1S/C21H28FN3O3S/c1-21(2,16-6-5-7-17(22)14-16)15-25-20(23-3)24-12-13-28-18-8-10-19(11-9-18)29(4,26)27/h5-11,14H,12-13,15H2,1-4H3,(H2,23,24,25). The van der Waals surface area contributed by atoms with E-state index in [1.807, 2.05) is 19.9 Å². The molecule has 0 aromatic heterocycles. The molecule has 2 N–H and O–H groups in total. The Balaban J connectivity index is 1.79. The van der Waals surface area contributed by atoms with Gasteiger partial charge in [0.2, 0.25) is 0 Å². The van der Waals surface area contributed by atoms with Crippen molar-refractivity contribution in [2.75, 3.05) is 33.0 Å². The van der Waals surface area contributed by atoms with Gasteiger partial charge >= 0.3 is 0 Å². The highest BCUT2D eigenvalue weighted by Gasteiger charge is 2.21. The maximum absolute atomic E-state index is 13.5. The van der Waals surface area contributed by atoms with Gasteiger partial charge < -0.3 is 15.4 Å². The molecule has 0 saturated heterocycles. The van der Waals surface area contributed by atoms with Crippen LogP contribution in [0.1, 0.15) is 19.4 Å². The molecule has 0 aliphatic rings. The predicted molar refractivity (Wildman–Crippen MR) is 114 cm³/mol. The van der Waals surface area contributed by atoms with Gasteiger partial charge in [0.1, 0.15) is 18.2 Å². The summed E-state index contributed by atoms with van der Waals surface area (Å²) in [6.07, 6.45) is 1.17. The predicted octanol–water partition coefficient (Wildman–Crippen LogP) is 2.75. The highest BCUT2D eigenvalue weighted by molar-refractivity contribution is 7.90. The molecule has 0 amide bonds. The normalized spacial score (nSPS) is 12.5. The van der Waals surface area contributed by atoms with Crippen LogP contribution in [-0.4, -0.2) is 47.4 Å². The van der Waals surface area contributed by atoms with Crippen molar-refractivity contribution in [3.8, 4) is 5.75 Å². The summed E-state index contributed by atoms with van der Waals surface area (Å²) in [6.45, 7) is 5.53. The molecule has 0 radical (unpaired) electrons. The third-order valence-electron chi connectivity index (χ3n) is 4.44. The summed E-state index contributed by atoms with van der Waals surface area (Å²) in [4.78, 5) is 4.44. The molecule has 0 unspecified atom stereocenters. The number of nitrogens with zero attached hydrogens (tertiary/aromatic N) is 1. The zero-order chi connectivity index (χ0) is 21.5. The third-order valence-corrected chi connectivity index (χ3v) is 5.57. The first-order valence-corrected chi connectivity index (χ1v) is 11.1. The van der Waals surface area contributed by atoms with Crippen molar-refractivity contribution in [1.82, 2.24) is 10.6 Å². The molecule has 0 fully saturated rings. The van der Waals surface area contributed by atoms with Crippen molar-refractivity contribution in [3.05, 3.63) is 59.9 Å². The minimum absolute atomic E-state index is 0.250. The van der Waals surface area contributed by atoms with E-state index in [0.29, 0.717) is 31.4 Å². The lowest BCUT2D eigenvalue weighted by Crippen LogP contribution is -2.44. The Morgan fingerprint density at radius 1 is 1.14 bits per heavy atom. The maximum atomic E-state index is 13.5. The number of benzene rings is 2. The highest BCUT2D eigenvalue weighted by Crippen LogP contribution is 2.22. The Morgan fingerprint density at radius 2 is 1.83 bits per heavy atom. The van der Waals surface area contributed by atoms with Gasteiger partial charge in [0.25, 0.3) is 0 Å². The molecule has 2 rings (SSSR count). The number of sulfone groups is 1. The van der Waals surface area contributed by atoms with Gasteiger partial charge in [-0.25, -0.2) is 12.8 Å². The van der Waals surface area contributed by atoms with Crippen LogP contribution in [0.25, 0.3) is 0 Å². The van der Waals surface area contributed by atoms with Crippen LogP contribution in [0.5, 0.6) is 5.75 Å². The van der Waals surface area contributed by atoms with E-state index >= 15 is 0 Å². The molecule has 0 bridgehead atoms. The number of hydrogen-bond donors (Lipinski definition) is 2. The number of nitrogens with one attached hydrogen (secondary N) is 2. The van der Waals surface area contributed by atoms with Crippen LogP contribution in [0.2, 0.25) is 0 Å². The van der Waals surface area contributed by atoms with E-state index in [2.05, 4.69) is 15.6 Å². The van der Waals surface area contributed by atoms with E-state index in [1.54, 1.807) is 31.3 Å². The summed E-state index contributed by atoms with van der Waals surface area (Å²) in [6, 6.07) is 12.9. The van der Waals surface area contributed by atoms with Gasteiger partial charge in [-0.3, -0.25) is 4.99 Å². The molecule has 0 saturated carbocycles. The Kier molecular flexibility index (Phi) is 7.61. The van der Waals surface area contributed by atoms with Gasteiger partial charge in [-0.05, 0) is 42.0 Å². The Labute approximate surface area is 172 Å². The minimum atomic E-state index is -3.21. The van der Waals surface area contributed by atoms with Gasteiger partial charge in [-0.15, -0.1) is 0 Å². The SMILES string of the molecule is CN=C(NCCOc1ccc(S(C)(=O)=O)cc1)NCC(C)(C)c1cccc(F)c1. The summed E-state index contributed by atoms with van der Waals surface area (Å²) < 4.78 is 42.0. The second-order valence-corrected chi connectivity index (χ2v) is 9.35. The molecule has 8 heteroatoms. The maximum Gasteiger partial charge on any atom is 0.191 e. The van der Waals surface area contributed by atoms with E-state index in [9.17, 15) is 12.8 Å². The number of guanidine groups is 1. The molecule has 29 heavy (non-hydrogen) atoms. The van der Waals surface area contributed by atoms with Crippen molar-refractivity contribution in [2.24, 2.45) is 4.99 Å². The number of aliphatic imine (C=N–C) groups is 1. The smallest absolute Gasteiger partial charge is 0.191 e. The first kappa shape index (κ1) is 22.7. The zero-order valence-corrected chi connectivity index (χ0v) is 18.0. The molecule has 2 aromatic carbocycles. The molecular weight excluding hydrogens is 393 g/mol. The van der Waals surface area contributed by atoms with Crippen LogP contribution >= 0.6 is 0 Å². The van der Waals surface area contributed by atoms with Crippen molar-refractivity contribution < 1.29 is 17.5 Å². The minimum Gasteiger partial charge on any atom is -0.492 e. The average molecular weight is 422 g/mol. The molecular formula is C21H28FN3O3S. The topological polar surface area (TPSA) is 79.8 Å². The first-order valence-electron chi connectivity index (χ1n) is 9.25. The Morgan fingerprint density at radius 3 is 2.41 bits per heavy atom. The van der Waals surface area contributed by atoms with Crippen LogP contribution in [0.4, 0.5) is 4.39 Å². The second kappa shape index (κ2) is 9.73. The fraction of sp³-hybridized carbons (Fsp3) is 0.381. The van der Waals surface area contributed by atoms with Crippen LogP contribution < -0.4 is 15.4 Å². The summed E-state index contributed by atoms with van der Waals surface area (Å²) in [5, 5.41) is 6.40. The van der Waals surface area contributed by atoms with E-state index < -0.39 is 9.84 Å². The van der Waals surface area contributed by atoms with Crippen molar-refractivity contribution in [3.63, 3.8) is 0 Å². The fourth-order valence-electron chi connectivity index (χ4n) is 2.66. The average Bonchev–Trinajstić information content (AvgIpc) is 2.67. The molecule has 0 spiro atoms. The first-order chi connectivity index (χ1) is 13.6. The van der Waals surface area contributed by atoms with Gasteiger partial charge in [0, 0.05) is 25.3 Å². The molecule has 0 atom stereocenters. The van der Waals surface area contributed by atoms with Crippen LogP contribution in [0.3, 0.4) is 0 Å². The monoisotopic (exact) mass is 421 g/mol. The summed E-state index contributed by atoms with van der Waals surface area (Å²) in [7, 11) is -1.54.